The summed E-state index contributed by atoms with van der Waals surface area (Å²) in [5, 5.41) is 3.26. The van der Waals surface area contributed by atoms with Crippen LogP contribution in [0.4, 0.5) is 13.2 Å². The van der Waals surface area contributed by atoms with Gasteiger partial charge in [0.15, 0.2) is 0 Å². The van der Waals surface area contributed by atoms with Crippen molar-refractivity contribution in [1.29, 1.82) is 0 Å². The summed E-state index contributed by atoms with van der Waals surface area (Å²) in [5.74, 6) is 0.827. The van der Waals surface area contributed by atoms with E-state index in [9.17, 15) is 13.2 Å². The molecule has 1 heterocycles. The molecule has 0 bridgehead atoms. The summed E-state index contributed by atoms with van der Waals surface area (Å²) in [6, 6.07) is 4.62. The third-order valence-corrected chi connectivity index (χ3v) is 3.61. The summed E-state index contributed by atoms with van der Waals surface area (Å²) in [6.45, 7) is 2.24. The average molecular weight is 288 g/mol. The Balaban J connectivity index is 1.84. The summed E-state index contributed by atoms with van der Waals surface area (Å²) in [5.41, 5.74) is 5.39. The first kappa shape index (κ1) is 15.1. The molecule has 0 spiro atoms. The topological polar surface area (TPSA) is 47.3 Å². The number of hydrogen-bond donors (Lipinski definition) is 2. The summed E-state index contributed by atoms with van der Waals surface area (Å²) in [4.78, 5) is 0. The van der Waals surface area contributed by atoms with Crippen LogP contribution in [0.3, 0.4) is 0 Å². The Morgan fingerprint density at radius 3 is 2.35 bits per heavy atom. The maximum absolute atomic E-state index is 12.4. The van der Waals surface area contributed by atoms with Gasteiger partial charge in [0.25, 0.3) is 0 Å². The van der Waals surface area contributed by atoms with Gasteiger partial charge < -0.3 is 15.8 Å². The summed E-state index contributed by atoms with van der Waals surface area (Å²) in [7, 11) is 0. The second kappa shape index (κ2) is 6.45. The van der Waals surface area contributed by atoms with Crippen LogP contribution in [-0.2, 0) is 6.18 Å². The Hall–Kier alpha value is -1.27. The predicted molar refractivity (Wildman–Crippen MR) is 70.5 cm³/mol. The molecule has 0 saturated carbocycles. The number of hydrogen-bond acceptors (Lipinski definition) is 3. The fraction of sp³-hybridized carbons (Fsp3) is 0.571. The number of benzene rings is 1. The Labute approximate surface area is 116 Å². The minimum absolute atomic E-state index is 0.0839. The summed E-state index contributed by atoms with van der Waals surface area (Å²) >= 11 is 0. The Morgan fingerprint density at radius 1 is 1.20 bits per heavy atom. The van der Waals surface area contributed by atoms with Crippen molar-refractivity contribution in [3.8, 4) is 5.75 Å². The lowest BCUT2D eigenvalue weighted by molar-refractivity contribution is -0.137. The monoisotopic (exact) mass is 288 g/mol. The maximum Gasteiger partial charge on any atom is 0.416 e. The second-order valence-corrected chi connectivity index (χ2v) is 5.08. The fourth-order valence-electron chi connectivity index (χ4n) is 2.34. The van der Waals surface area contributed by atoms with Crippen LogP contribution in [-0.4, -0.2) is 25.7 Å². The normalized spacial score (nSPS) is 18.8. The van der Waals surface area contributed by atoms with E-state index in [4.69, 9.17) is 10.5 Å². The van der Waals surface area contributed by atoms with Crippen molar-refractivity contribution in [2.24, 2.45) is 11.7 Å². The van der Waals surface area contributed by atoms with Gasteiger partial charge in [0.05, 0.1) is 5.56 Å². The van der Waals surface area contributed by atoms with Crippen molar-refractivity contribution in [2.75, 3.05) is 19.7 Å². The van der Waals surface area contributed by atoms with Gasteiger partial charge in [-0.1, -0.05) is 0 Å². The number of alkyl halides is 3. The minimum atomic E-state index is -4.32. The number of piperidine rings is 1. The number of halogens is 3. The molecule has 1 aromatic rings. The van der Waals surface area contributed by atoms with Crippen LogP contribution < -0.4 is 15.8 Å². The van der Waals surface area contributed by atoms with E-state index in [0.717, 1.165) is 38.1 Å². The van der Waals surface area contributed by atoms with Crippen molar-refractivity contribution in [3.05, 3.63) is 29.8 Å². The zero-order valence-corrected chi connectivity index (χ0v) is 11.1. The molecule has 0 aromatic heterocycles. The van der Waals surface area contributed by atoms with Crippen LogP contribution in [0.2, 0.25) is 0 Å². The highest BCUT2D eigenvalue weighted by Crippen LogP contribution is 2.30. The molecular weight excluding hydrogens is 269 g/mol. The Morgan fingerprint density at radius 2 is 1.80 bits per heavy atom. The van der Waals surface area contributed by atoms with Crippen molar-refractivity contribution in [1.82, 2.24) is 5.32 Å². The van der Waals surface area contributed by atoms with E-state index in [0.29, 0.717) is 18.3 Å². The van der Waals surface area contributed by atoms with E-state index >= 15 is 0 Å². The van der Waals surface area contributed by atoms with E-state index < -0.39 is 11.7 Å². The van der Waals surface area contributed by atoms with Gasteiger partial charge in [-0.05, 0) is 56.1 Å². The third kappa shape index (κ3) is 4.11. The smallest absolute Gasteiger partial charge is 0.416 e. The van der Waals surface area contributed by atoms with Crippen LogP contribution >= 0.6 is 0 Å². The molecule has 1 unspecified atom stereocenters. The van der Waals surface area contributed by atoms with Crippen LogP contribution in [0.1, 0.15) is 18.4 Å². The largest absolute Gasteiger partial charge is 0.492 e. The molecule has 0 aliphatic carbocycles. The number of rotatable bonds is 4. The molecule has 0 amide bonds. The van der Waals surface area contributed by atoms with Crippen LogP contribution in [0.15, 0.2) is 24.3 Å². The minimum Gasteiger partial charge on any atom is -0.492 e. The highest BCUT2D eigenvalue weighted by molar-refractivity contribution is 5.28. The van der Waals surface area contributed by atoms with Crippen LogP contribution in [0, 0.1) is 5.92 Å². The average Bonchev–Trinajstić information content (AvgIpc) is 2.45. The van der Waals surface area contributed by atoms with E-state index in [1.807, 2.05) is 0 Å². The number of nitrogens with one attached hydrogen (secondary N) is 1. The first-order chi connectivity index (χ1) is 9.47. The first-order valence-electron chi connectivity index (χ1n) is 6.73. The van der Waals surface area contributed by atoms with Crippen LogP contribution in [0.25, 0.3) is 0 Å². The molecule has 1 aliphatic rings. The SMILES string of the molecule is NC(COc1ccc(C(F)(F)F)cc1)C1CCNCC1. The lowest BCUT2D eigenvalue weighted by Gasteiger charge is -2.28. The van der Waals surface area contributed by atoms with Gasteiger partial charge in [-0.25, -0.2) is 0 Å². The molecule has 1 fully saturated rings. The molecule has 1 aromatic carbocycles. The van der Waals surface area contributed by atoms with Crippen LogP contribution in [0.5, 0.6) is 5.75 Å². The molecule has 1 atom stereocenters. The van der Waals surface area contributed by atoms with Crippen molar-refractivity contribution in [2.45, 2.75) is 25.1 Å². The second-order valence-electron chi connectivity index (χ2n) is 5.08. The molecule has 6 heteroatoms. The quantitative estimate of drug-likeness (QED) is 0.894. The molecule has 0 radical (unpaired) electrons. The van der Waals surface area contributed by atoms with Gasteiger partial charge in [-0.2, -0.15) is 13.2 Å². The third-order valence-electron chi connectivity index (χ3n) is 3.61. The van der Waals surface area contributed by atoms with Gasteiger partial charge in [-0.3, -0.25) is 0 Å². The predicted octanol–water partition coefficient (Wildman–Crippen LogP) is 2.41. The zero-order valence-electron chi connectivity index (χ0n) is 11.1. The van der Waals surface area contributed by atoms with E-state index in [1.165, 1.54) is 12.1 Å². The van der Waals surface area contributed by atoms with Crippen molar-refractivity contribution < 1.29 is 17.9 Å². The molecule has 3 nitrogen and oxygen atoms in total. The standard InChI is InChI=1S/C14H19F3N2O/c15-14(16,17)11-1-3-12(4-2-11)20-9-13(18)10-5-7-19-8-6-10/h1-4,10,13,19H,5-9,18H2. The van der Waals surface area contributed by atoms with E-state index in [-0.39, 0.29) is 6.04 Å². The zero-order chi connectivity index (χ0) is 14.6. The molecule has 2 rings (SSSR count). The molecular formula is C14H19F3N2O. The lowest BCUT2D eigenvalue weighted by atomic mass is 9.91. The molecule has 3 N–H and O–H groups in total. The van der Waals surface area contributed by atoms with Gasteiger partial charge >= 0.3 is 6.18 Å². The highest BCUT2D eigenvalue weighted by atomic mass is 19.4. The van der Waals surface area contributed by atoms with Gasteiger partial charge in [-0.15, -0.1) is 0 Å². The van der Waals surface area contributed by atoms with Gasteiger partial charge in [0, 0.05) is 6.04 Å². The van der Waals surface area contributed by atoms with Crippen molar-refractivity contribution >= 4 is 0 Å². The number of ether oxygens (including phenoxy) is 1. The summed E-state index contributed by atoms with van der Waals surface area (Å²) < 4.78 is 42.7. The fourth-order valence-corrected chi connectivity index (χ4v) is 2.34. The number of nitrogens with two attached hydrogens (primary N) is 1. The van der Waals surface area contributed by atoms with Gasteiger partial charge in [0.1, 0.15) is 12.4 Å². The molecule has 1 saturated heterocycles. The Bertz CT molecular complexity index is 413. The Kier molecular flexibility index (Phi) is 4.88. The van der Waals surface area contributed by atoms with Gasteiger partial charge in [0.2, 0.25) is 0 Å². The maximum atomic E-state index is 12.4. The molecule has 1 aliphatic heterocycles. The highest BCUT2D eigenvalue weighted by Gasteiger charge is 2.30. The summed E-state index contributed by atoms with van der Waals surface area (Å²) in [6.07, 6.45) is -2.29. The van der Waals surface area contributed by atoms with Crippen molar-refractivity contribution in [3.63, 3.8) is 0 Å². The lowest BCUT2D eigenvalue weighted by Crippen LogP contribution is -2.41. The van der Waals surface area contributed by atoms with E-state index in [2.05, 4.69) is 5.32 Å². The molecule has 20 heavy (non-hydrogen) atoms. The molecule has 112 valence electrons. The van der Waals surface area contributed by atoms with E-state index in [1.54, 1.807) is 0 Å². The first-order valence-corrected chi connectivity index (χ1v) is 6.73.